The molecule has 1 aliphatic carbocycles. The van der Waals surface area contributed by atoms with Gasteiger partial charge in [-0.15, -0.1) is 0 Å². The van der Waals surface area contributed by atoms with Gasteiger partial charge in [0.15, 0.2) is 0 Å². The van der Waals surface area contributed by atoms with Crippen LogP contribution in [0.1, 0.15) is 29.7 Å². The minimum absolute atomic E-state index is 0.228. The summed E-state index contributed by atoms with van der Waals surface area (Å²) < 4.78 is 0. The molecule has 19 heavy (non-hydrogen) atoms. The van der Waals surface area contributed by atoms with Crippen molar-refractivity contribution in [3.8, 4) is 0 Å². The predicted octanol–water partition coefficient (Wildman–Crippen LogP) is 3.23. The molecular formula is C17H17NO. The first-order chi connectivity index (χ1) is 9.21. The zero-order valence-corrected chi connectivity index (χ0v) is 11.1. The summed E-state index contributed by atoms with van der Waals surface area (Å²) in [6.07, 6.45) is 4.21. The third kappa shape index (κ3) is 2.30. The molecule has 0 aliphatic heterocycles. The molecule has 0 bridgehead atoms. The van der Waals surface area contributed by atoms with Gasteiger partial charge in [-0.25, -0.2) is 0 Å². The Hall–Kier alpha value is -1.96. The summed E-state index contributed by atoms with van der Waals surface area (Å²) in [7, 11) is 0. The minimum Gasteiger partial charge on any atom is -0.298 e. The number of carbonyl (C=O) groups excluding carboxylic acids is 1. The number of pyridine rings is 1. The molecule has 2 heteroatoms. The summed E-state index contributed by atoms with van der Waals surface area (Å²) in [6, 6.07) is 14.1. The van der Waals surface area contributed by atoms with Gasteiger partial charge in [0, 0.05) is 18.3 Å². The molecule has 3 rings (SSSR count). The summed E-state index contributed by atoms with van der Waals surface area (Å²) in [5.74, 6) is 0.301. The SMILES string of the molecule is Cc1ccc(CC(=O)C2(c3ccccc3)CC2)nc1. The number of aromatic nitrogens is 1. The Bertz CT molecular complexity index is 582. The topological polar surface area (TPSA) is 30.0 Å². The van der Waals surface area contributed by atoms with Gasteiger partial charge in [-0.1, -0.05) is 36.4 Å². The van der Waals surface area contributed by atoms with Crippen molar-refractivity contribution in [1.29, 1.82) is 0 Å². The Balaban J connectivity index is 1.79. The van der Waals surface area contributed by atoms with E-state index in [0.29, 0.717) is 12.2 Å². The lowest BCUT2D eigenvalue weighted by Crippen LogP contribution is -2.22. The Morgan fingerprint density at radius 3 is 2.47 bits per heavy atom. The van der Waals surface area contributed by atoms with Crippen LogP contribution in [0, 0.1) is 6.92 Å². The van der Waals surface area contributed by atoms with Crippen molar-refractivity contribution in [3.63, 3.8) is 0 Å². The van der Waals surface area contributed by atoms with Gasteiger partial charge in [-0.05, 0) is 37.0 Å². The van der Waals surface area contributed by atoms with Gasteiger partial charge in [0.25, 0.3) is 0 Å². The van der Waals surface area contributed by atoms with Crippen LogP contribution in [-0.4, -0.2) is 10.8 Å². The summed E-state index contributed by atoms with van der Waals surface area (Å²) in [6.45, 7) is 2.00. The normalized spacial score (nSPS) is 16.1. The number of benzene rings is 1. The quantitative estimate of drug-likeness (QED) is 0.835. The number of hydrogen-bond donors (Lipinski definition) is 0. The molecule has 0 atom stereocenters. The van der Waals surface area contributed by atoms with E-state index in [4.69, 9.17) is 0 Å². The molecule has 0 amide bonds. The van der Waals surface area contributed by atoms with Crippen LogP contribution in [0.15, 0.2) is 48.7 Å². The van der Waals surface area contributed by atoms with Crippen LogP contribution in [0.3, 0.4) is 0 Å². The van der Waals surface area contributed by atoms with Crippen molar-refractivity contribution in [2.75, 3.05) is 0 Å². The van der Waals surface area contributed by atoms with Crippen molar-refractivity contribution >= 4 is 5.78 Å². The Kier molecular flexibility index (Phi) is 2.94. The fraction of sp³-hybridized carbons (Fsp3) is 0.294. The van der Waals surface area contributed by atoms with E-state index >= 15 is 0 Å². The number of Topliss-reactive ketones (excluding diaryl/α,β-unsaturated/α-hetero) is 1. The maximum Gasteiger partial charge on any atom is 0.149 e. The summed E-state index contributed by atoms with van der Waals surface area (Å²) in [5, 5.41) is 0. The fourth-order valence-electron chi connectivity index (χ4n) is 2.55. The molecular weight excluding hydrogens is 234 g/mol. The molecule has 1 aromatic heterocycles. The number of ketones is 1. The average molecular weight is 251 g/mol. The van der Waals surface area contributed by atoms with Gasteiger partial charge in [0.2, 0.25) is 0 Å². The number of rotatable bonds is 4. The lowest BCUT2D eigenvalue weighted by Gasteiger charge is -2.14. The van der Waals surface area contributed by atoms with Gasteiger partial charge in [-0.3, -0.25) is 9.78 Å². The Morgan fingerprint density at radius 1 is 1.16 bits per heavy atom. The maximum atomic E-state index is 12.5. The van der Waals surface area contributed by atoms with Crippen molar-refractivity contribution in [2.45, 2.75) is 31.6 Å². The molecule has 0 radical (unpaired) electrons. The van der Waals surface area contributed by atoms with Crippen LogP contribution < -0.4 is 0 Å². The number of hydrogen-bond acceptors (Lipinski definition) is 2. The zero-order valence-electron chi connectivity index (χ0n) is 11.1. The zero-order chi connectivity index (χ0) is 13.3. The van der Waals surface area contributed by atoms with Crippen LogP contribution in [0.2, 0.25) is 0 Å². The highest BCUT2D eigenvalue weighted by Gasteiger charge is 2.50. The van der Waals surface area contributed by atoms with E-state index in [2.05, 4.69) is 17.1 Å². The van der Waals surface area contributed by atoms with Gasteiger partial charge in [0.1, 0.15) is 5.78 Å². The third-order valence-corrected chi connectivity index (χ3v) is 3.92. The molecule has 2 nitrogen and oxygen atoms in total. The molecule has 2 aromatic rings. The van der Waals surface area contributed by atoms with E-state index in [-0.39, 0.29) is 5.41 Å². The number of nitrogens with zero attached hydrogens (tertiary/aromatic N) is 1. The van der Waals surface area contributed by atoms with E-state index in [0.717, 1.165) is 29.7 Å². The second-order valence-corrected chi connectivity index (χ2v) is 5.37. The summed E-state index contributed by atoms with van der Waals surface area (Å²) >= 11 is 0. The van der Waals surface area contributed by atoms with E-state index in [9.17, 15) is 4.79 Å². The monoisotopic (exact) mass is 251 g/mol. The van der Waals surface area contributed by atoms with Crippen LogP contribution in [0.4, 0.5) is 0 Å². The summed E-state index contributed by atoms with van der Waals surface area (Å²) in [5.41, 5.74) is 2.93. The molecule has 0 N–H and O–H groups in total. The maximum absolute atomic E-state index is 12.5. The highest BCUT2D eigenvalue weighted by molar-refractivity contribution is 5.94. The third-order valence-electron chi connectivity index (χ3n) is 3.92. The lowest BCUT2D eigenvalue weighted by atomic mass is 9.89. The van der Waals surface area contributed by atoms with Gasteiger partial charge in [-0.2, -0.15) is 0 Å². The molecule has 0 spiro atoms. The molecule has 1 heterocycles. The summed E-state index contributed by atoms with van der Waals surface area (Å²) in [4.78, 5) is 16.9. The average Bonchev–Trinajstić information content (AvgIpc) is 3.24. The van der Waals surface area contributed by atoms with Crippen molar-refractivity contribution in [2.24, 2.45) is 0 Å². The van der Waals surface area contributed by atoms with Gasteiger partial charge >= 0.3 is 0 Å². The first-order valence-corrected chi connectivity index (χ1v) is 6.71. The second-order valence-electron chi connectivity index (χ2n) is 5.37. The van der Waals surface area contributed by atoms with E-state index in [1.165, 1.54) is 0 Å². The second kappa shape index (κ2) is 4.61. The number of aryl methyl sites for hydroxylation is 1. The van der Waals surface area contributed by atoms with Gasteiger partial charge in [0.05, 0.1) is 5.41 Å². The van der Waals surface area contributed by atoms with Crippen LogP contribution >= 0.6 is 0 Å². The largest absolute Gasteiger partial charge is 0.298 e. The predicted molar refractivity (Wildman–Crippen MR) is 75.0 cm³/mol. The van der Waals surface area contributed by atoms with E-state index < -0.39 is 0 Å². The van der Waals surface area contributed by atoms with Crippen molar-refractivity contribution < 1.29 is 4.79 Å². The van der Waals surface area contributed by atoms with Crippen molar-refractivity contribution in [1.82, 2.24) is 4.98 Å². The van der Waals surface area contributed by atoms with E-state index in [1.807, 2.05) is 43.5 Å². The van der Waals surface area contributed by atoms with Gasteiger partial charge < -0.3 is 0 Å². The van der Waals surface area contributed by atoms with Crippen molar-refractivity contribution in [3.05, 3.63) is 65.5 Å². The van der Waals surface area contributed by atoms with E-state index in [1.54, 1.807) is 0 Å². The number of carbonyl (C=O) groups is 1. The molecule has 0 unspecified atom stereocenters. The Morgan fingerprint density at radius 2 is 1.89 bits per heavy atom. The van der Waals surface area contributed by atoms with Crippen LogP contribution in [0.25, 0.3) is 0 Å². The standard InChI is InChI=1S/C17H17NO/c1-13-7-8-15(18-12-13)11-16(19)17(9-10-17)14-5-3-2-4-6-14/h2-8,12H,9-11H2,1H3. The smallest absolute Gasteiger partial charge is 0.149 e. The molecule has 1 aromatic carbocycles. The minimum atomic E-state index is -0.228. The highest BCUT2D eigenvalue weighted by atomic mass is 16.1. The molecule has 0 saturated heterocycles. The first kappa shape index (κ1) is 12.1. The fourth-order valence-corrected chi connectivity index (χ4v) is 2.55. The molecule has 1 fully saturated rings. The Labute approximate surface area is 113 Å². The highest BCUT2D eigenvalue weighted by Crippen LogP contribution is 2.49. The molecule has 96 valence electrons. The molecule has 1 aliphatic rings. The molecule has 1 saturated carbocycles. The van der Waals surface area contributed by atoms with Crippen LogP contribution in [-0.2, 0) is 16.6 Å². The lowest BCUT2D eigenvalue weighted by molar-refractivity contribution is -0.120. The first-order valence-electron chi connectivity index (χ1n) is 6.71. The van der Waals surface area contributed by atoms with Crippen LogP contribution in [0.5, 0.6) is 0 Å².